The van der Waals surface area contributed by atoms with Crippen molar-refractivity contribution in [2.24, 2.45) is 0 Å². The van der Waals surface area contributed by atoms with Gasteiger partial charge in [-0.25, -0.2) is 17.9 Å². The van der Waals surface area contributed by atoms with Gasteiger partial charge in [-0.2, -0.15) is 0 Å². The van der Waals surface area contributed by atoms with Gasteiger partial charge < -0.3 is 10.1 Å². The summed E-state index contributed by atoms with van der Waals surface area (Å²) in [7, 11) is -3.85. The molecule has 0 aliphatic rings. The first kappa shape index (κ1) is 24.2. The molecule has 0 radical (unpaired) electrons. The van der Waals surface area contributed by atoms with Crippen LogP contribution >= 0.6 is 0 Å². The van der Waals surface area contributed by atoms with Crippen LogP contribution in [0.15, 0.2) is 77.7 Å². The van der Waals surface area contributed by atoms with Crippen molar-refractivity contribution in [3.05, 3.63) is 95.1 Å². The molecule has 1 unspecified atom stereocenters. The number of ether oxygens (including phenoxy) is 1. The van der Waals surface area contributed by atoms with Gasteiger partial charge in [0.05, 0.1) is 10.5 Å². The van der Waals surface area contributed by atoms with Gasteiger partial charge >= 0.3 is 5.97 Å². The Morgan fingerprint density at radius 1 is 0.909 bits per heavy atom. The Morgan fingerprint density at radius 3 is 2.21 bits per heavy atom. The van der Waals surface area contributed by atoms with Gasteiger partial charge in [-0.1, -0.05) is 54.6 Å². The molecule has 0 heterocycles. The van der Waals surface area contributed by atoms with Crippen molar-refractivity contribution in [1.82, 2.24) is 4.72 Å². The van der Waals surface area contributed by atoms with Crippen LogP contribution in [0.25, 0.3) is 0 Å². The van der Waals surface area contributed by atoms with Crippen LogP contribution < -0.4 is 10.0 Å². The summed E-state index contributed by atoms with van der Waals surface area (Å²) in [5, 5.41) is 2.78. The zero-order valence-electron chi connectivity index (χ0n) is 18.7. The average molecular weight is 467 g/mol. The molecule has 0 aliphatic carbocycles. The maximum Gasteiger partial charge on any atom is 0.338 e. The number of aryl methyl sites for hydroxylation is 2. The van der Waals surface area contributed by atoms with Crippen molar-refractivity contribution in [2.75, 3.05) is 5.32 Å². The van der Waals surface area contributed by atoms with E-state index >= 15 is 0 Å². The molecule has 3 aromatic carbocycles. The molecular formula is C25H26N2O5S. The molecule has 8 heteroatoms. The minimum atomic E-state index is -3.85. The van der Waals surface area contributed by atoms with Gasteiger partial charge in [0.2, 0.25) is 10.0 Å². The van der Waals surface area contributed by atoms with Crippen LogP contribution in [-0.2, 0) is 26.1 Å². The van der Waals surface area contributed by atoms with Gasteiger partial charge in [-0.3, -0.25) is 4.79 Å². The van der Waals surface area contributed by atoms with Crippen molar-refractivity contribution >= 4 is 27.6 Å². The summed E-state index contributed by atoms with van der Waals surface area (Å²) in [5.74, 6) is -1.27. The number of carbonyl (C=O) groups excluding carboxylic acids is 2. The zero-order valence-corrected chi connectivity index (χ0v) is 19.5. The SMILES string of the molecule is Cc1cccc(C)c1NC(=O)C(C)OC(=O)c1cccc(S(=O)(=O)NCc2ccccc2)c1. The highest BCUT2D eigenvalue weighted by molar-refractivity contribution is 7.89. The topological polar surface area (TPSA) is 102 Å². The van der Waals surface area contributed by atoms with E-state index in [9.17, 15) is 18.0 Å². The Kier molecular flexibility index (Phi) is 7.63. The van der Waals surface area contributed by atoms with E-state index in [0.29, 0.717) is 5.69 Å². The molecule has 1 atom stereocenters. The number of hydrogen-bond donors (Lipinski definition) is 2. The maximum absolute atomic E-state index is 12.7. The summed E-state index contributed by atoms with van der Waals surface area (Å²) in [6.45, 7) is 5.32. The van der Waals surface area contributed by atoms with Crippen molar-refractivity contribution in [3.63, 3.8) is 0 Å². The van der Waals surface area contributed by atoms with E-state index in [4.69, 9.17) is 4.74 Å². The van der Waals surface area contributed by atoms with Gasteiger partial charge in [0.25, 0.3) is 5.91 Å². The smallest absolute Gasteiger partial charge is 0.338 e. The zero-order chi connectivity index (χ0) is 24.0. The van der Waals surface area contributed by atoms with Crippen LogP contribution in [0.3, 0.4) is 0 Å². The Balaban J connectivity index is 1.66. The minimum absolute atomic E-state index is 0.0318. The monoisotopic (exact) mass is 466 g/mol. The van der Waals surface area contributed by atoms with Crippen molar-refractivity contribution in [3.8, 4) is 0 Å². The van der Waals surface area contributed by atoms with Crippen molar-refractivity contribution in [1.29, 1.82) is 0 Å². The molecular weight excluding hydrogens is 440 g/mol. The lowest BCUT2D eigenvalue weighted by Crippen LogP contribution is -2.30. The molecule has 3 aromatic rings. The molecule has 2 N–H and O–H groups in total. The molecule has 33 heavy (non-hydrogen) atoms. The lowest BCUT2D eigenvalue weighted by Gasteiger charge is -2.16. The van der Waals surface area contributed by atoms with Crippen molar-refractivity contribution < 1.29 is 22.7 Å². The summed E-state index contributed by atoms with van der Waals surface area (Å²) in [4.78, 5) is 25.1. The standard InChI is InChI=1S/C25H26N2O5S/c1-17-9-7-10-18(2)23(17)27-24(28)19(3)32-25(29)21-13-8-14-22(15-21)33(30,31)26-16-20-11-5-4-6-12-20/h4-15,19,26H,16H2,1-3H3,(H,27,28). The molecule has 172 valence electrons. The second kappa shape index (κ2) is 10.4. The summed E-state index contributed by atoms with van der Waals surface area (Å²) in [6, 6.07) is 20.2. The second-order valence-corrected chi connectivity index (χ2v) is 9.41. The molecule has 0 fully saturated rings. The number of nitrogens with one attached hydrogen (secondary N) is 2. The van der Waals surface area contributed by atoms with Crippen LogP contribution in [0.2, 0.25) is 0 Å². The molecule has 0 spiro atoms. The van der Waals surface area contributed by atoms with E-state index in [1.807, 2.05) is 50.2 Å². The predicted octanol–water partition coefficient (Wildman–Crippen LogP) is 3.97. The molecule has 0 aromatic heterocycles. The van der Waals surface area contributed by atoms with Gasteiger partial charge in [0.15, 0.2) is 6.10 Å². The second-order valence-electron chi connectivity index (χ2n) is 7.64. The van der Waals surface area contributed by atoms with Crippen LogP contribution in [-0.4, -0.2) is 26.4 Å². The third-order valence-corrected chi connectivity index (χ3v) is 6.47. The lowest BCUT2D eigenvalue weighted by atomic mass is 10.1. The van der Waals surface area contributed by atoms with Gasteiger partial charge in [-0.15, -0.1) is 0 Å². The molecule has 7 nitrogen and oxygen atoms in total. The summed E-state index contributed by atoms with van der Waals surface area (Å²) < 4.78 is 33.1. The number of rotatable bonds is 8. The first-order valence-electron chi connectivity index (χ1n) is 10.4. The predicted molar refractivity (Wildman–Crippen MR) is 126 cm³/mol. The van der Waals surface area contributed by atoms with E-state index in [-0.39, 0.29) is 17.0 Å². The number of esters is 1. The Morgan fingerprint density at radius 2 is 1.55 bits per heavy atom. The highest BCUT2D eigenvalue weighted by Gasteiger charge is 2.22. The minimum Gasteiger partial charge on any atom is -0.449 e. The molecule has 0 saturated heterocycles. The number of sulfonamides is 1. The third kappa shape index (κ3) is 6.27. The highest BCUT2D eigenvalue weighted by atomic mass is 32.2. The number of benzene rings is 3. The molecule has 3 rings (SSSR count). The summed E-state index contributed by atoms with van der Waals surface area (Å²) in [5.41, 5.74) is 3.29. The molecule has 1 amide bonds. The number of anilines is 1. The maximum atomic E-state index is 12.7. The Hall–Kier alpha value is -3.49. The molecule has 0 saturated carbocycles. The molecule has 0 bridgehead atoms. The molecule has 0 aliphatic heterocycles. The fourth-order valence-corrected chi connectivity index (χ4v) is 4.23. The number of hydrogen-bond acceptors (Lipinski definition) is 5. The first-order chi connectivity index (χ1) is 15.7. The van der Waals surface area contributed by atoms with Crippen molar-refractivity contribution in [2.45, 2.75) is 38.3 Å². The van der Waals surface area contributed by atoms with Crippen LogP contribution in [0.1, 0.15) is 34.0 Å². The largest absolute Gasteiger partial charge is 0.449 e. The summed E-state index contributed by atoms with van der Waals surface area (Å²) >= 11 is 0. The fraction of sp³-hybridized carbons (Fsp3) is 0.200. The van der Waals surface area contributed by atoms with Gasteiger partial charge in [-0.05, 0) is 55.7 Å². The highest BCUT2D eigenvalue weighted by Crippen LogP contribution is 2.20. The van der Waals surface area contributed by atoms with Gasteiger partial charge in [0.1, 0.15) is 0 Å². The fourth-order valence-electron chi connectivity index (χ4n) is 3.17. The summed E-state index contributed by atoms with van der Waals surface area (Å²) in [6.07, 6.45) is -1.08. The van der Waals surface area contributed by atoms with Crippen LogP contribution in [0, 0.1) is 13.8 Å². The van der Waals surface area contributed by atoms with E-state index in [1.165, 1.54) is 31.2 Å². The lowest BCUT2D eigenvalue weighted by molar-refractivity contribution is -0.123. The van der Waals surface area contributed by atoms with E-state index in [0.717, 1.165) is 16.7 Å². The Bertz CT molecular complexity index is 1240. The third-order valence-electron chi connectivity index (χ3n) is 5.07. The van der Waals surface area contributed by atoms with E-state index in [2.05, 4.69) is 10.0 Å². The first-order valence-corrected chi connectivity index (χ1v) is 11.9. The van der Waals surface area contributed by atoms with Crippen LogP contribution in [0.4, 0.5) is 5.69 Å². The van der Waals surface area contributed by atoms with Crippen LogP contribution in [0.5, 0.6) is 0 Å². The quantitative estimate of drug-likeness (QED) is 0.489. The Labute approximate surface area is 193 Å². The number of amides is 1. The van der Waals surface area contributed by atoms with Gasteiger partial charge in [0, 0.05) is 12.2 Å². The number of para-hydroxylation sites is 1. The van der Waals surface area contributed by atoms with E-state index in [1.54, 1.807) is 12.1 Å². The average Bonchev–Trinajstić information content (AvgIpc) is 2.81. The normalized spacial score (nSPS) is 12.1. The number of carbonyl (C=O) groups is 2. The van der Waals surface area contributed by atoms with E-state index < -0.39 is 28.0 Å².